The average molecular weight is 994 g/mol. The third-order valence-corrected chi connectivity index (χ3v) is 15.3. The minimum atomic E-state index is -0.720. The zero-order chi connectivity index (χ0) is 50.9. The summed E-state index contributed by atoms with van der Waals surface area (Å²) in [5.74, 6) is 1.86. The second-order valence-electron chi connectivity index (χ2n) is 20.5. The Morgan fingerprint density at radius 1 is 0.616 bits per heavy atom. The molecule has 10 rings (SSSR count). The second-order valence-corrected chi connectivity index (χ2v) is 20.5. The number of nitrogens with zero attached hydrogens (tertiary/aromatic N) is 7. The molecule has 4 fully saturated rings. The van der Waals surface area contributed by atoms with E-state index < -0.39 is 24.3 Å². The minimum Gasteiger partial charge on any atom is -0.453 e. The molecule has 3 aromatic heterocycles. The van der Waals surface area contributed by atoms with Gasteiger partial charge in [0.05, 0.1) is 73.7 Å². The summed E-state index contributed by atoms with van der Waals surface area (Å²) in [6.45, 7) is 11.9. The van der Waals surface area contributed by atoms with Crippen molar-refractivity contribution in [2.75, 3.05) is 63.4 Å². The van der Waals surface area contributed by atoms with Crippen molar-refractivity contribution in [3.05, 3.63) is 102 Å². The number of likely N-dealkylation sites (tertiary alicyclic amines) is 2. The Labute approximate surface area is 425 Å². The lowest BCUT2D eigenvalue weighted by Crippen LogP contribution is -2.51. The molecule has 4 aliphatic rings. The summed E-state index contributed by atoms with van der Waals surface area (Å²) in [6, 6.07) is 24.0. The lowest BCUT2D eigenvalue weighted by atomic mass is 10.0. The number of pyridine rings is 1. The van der Waals surface area contributed by atoms with Crippen molar-refractivity contribution < 1.29 is 33.4 Å². The number of aromatic amines is 2. The number of hydrogen-bond acceptors (Lipinski definition) is 12. The van der Waals surface area contributed by atoms with Gasteiger partial charge in [0.25, 0.3) is 0 Å². The summed E-state index contributed by atoms with van der Waals surface area (Å²) in [5.41, 5.74) is 8.93. The van der Waals surface area contributed by atoms with E-state index in [0.29, 0.717) is 26.3 Å². The van der Waals surface area contributed by atoms with E-state index in [9.17, 15) is 19.2 Å². The largest absolute Gasteiger partial charge is 0.453 e. The number of H-pyrrole nitrogens is 2. The van der Waals surface area contributed by atoms with Gasteiger partial charge < -0.3 is 54.4 Å². The highest BCUT2D eigenvalue weighted by atomic mass is 16.5. The van der Waals surface area contributed by atoms with Gasteiger partial charge in [-0.15, -0.1) is 0 Å². The average Bonchev–Trinajstić information content (AvgIpc) is 4.28. The van der Waals surface area contributed by atoms with Crippen molar-refractivity contribution in [2.45, 2.75) is 102 Å². The molecule has 3 aromatic carbocycles. The zero-order valence-electron chi connectivity index (χ0n) is 42.6. The van der Waals surface area contributed by atoms with Crippen molar-refractivity contribution in [2.24, 2.45) is 11.8 Å². The Hall–Kier alpha value is -7.21. The summed E-state index contributed by atoms with van der Waals surface area (Å²) >= 11 is 0. The van der Waals surface area contributed by atoms with Crippen LogP contribution in [0.25, 0.3) is 33.2 Å². The van der Waals surface area contributed by atoms with Crippen molar-refractivity contribution in [1.29, 1.82) is 0 Å². The van der Waals surface area contributed by atoms with Crippen LogP contribution in [0.5, 0.6) is 0 Å². The normalized spacial score (nSPS) is 21.1. The molecular weight excluding hydrogens is 927 g/mol. The number of morpholine rings is 1. The van der Waals surface area contributed by atoms with E-state index in [1.54, 1.807) is 0 Å². The lowest BCUT2D eigenvalue weighted by molar-refractivity contribution is -0.136. The number of anilines is 2. The van der Waals surface area contributed by atoms with Crippen LogP contribution in [0.1, 0.15) is 113 Å². The van der Waals surface area contributed by atoms with E-state index in [1.807, 2.05) is 43.7 Å². The van der Waals surface area contributed by atoms with Gasteiger partial charge in [-0.05, 0) is 116 Å². The SMILES string of the molecule is COC(=O)N[C@H](C(=O)N1CCC[C@H]1c1nc2cc([C@H]3CC[C@H](c4ccc5[nH]c([C@@H]6CCCN6C(=O)[C@@H](NC(=O)OC)C(C)C)nc5c4)N3c3ccc(-c4ccc(N5CCOCC5)nc4)cc3)ccc2[nH]1)C(C)C. The number of rotatable bonds is 13. The maximum absolute atomic E-state index is 14.0. The first-order valence-corrected chi connectivity index (χ1v) is 25.9. The number of benzene rings is 3. The third kappa shape index (κ3) is 10.0. The number of alkyl carbamates (subject to hydrolysis) is 2. The quantitative estimate of drug-likeness (QED) is 0.0861. The highest BCUT2D eigenvalue weighted by molar-refractivity contribution is 5.88. The molecule has 7 heterocycles. The molecular formula is C55H67N11O7. The molecule has 4 amide bonds. The van der Waals surface area contributed by atoms with Crippen LogP contribution in [0, 0.1) is 11.8 Å². The fourth-order valence-electron chi connectivity index (χ4n) is 11.4. The molecule has 0 bridgehead atoms. The molecule has 4 aliphatic heterocycles. The summed E-state index contributed by atoms with van der Waals surface area (Å²) in [4.78, 5) is 83.1. The second kappa shape index (κ2) is 21.1. The number of carbonyl (C=O) groups is 4. The van der Waals surface area contributed by atoms with Crippen molar-refractivity contribution in [1.82, 2.24) is 45.4 Å². The van der Waals surface area contributed by atoms with Gasteiger partial charge in [-0.3, -0.25) is 9.59 Å². The van der Waals surface area contributed by atoms with Gasteiger partial charge in [-0.25, -0.2) is 24.5 Å². The molecule has 6 aromatic rings. The van der Waals surface area contributed by atoms with Crippen molar-refractivity contribution in [3.63, 3.8) is 0 Å². The minimum absolute atomic E-state index is 0.00614. The number of fused-ring (bicyclic) bond motifs is 2. The number of nitrogens with one attached hydrogen (secondary N) is 4. The first-order chi connectivity index (χ1) is 35.4. The van der Waals surface area contributed by atoms with Gasteiger partial charge in [-0.1, -0.05) is 52.0 Å². The number of carbonyl (C=O) groups excluding carboxylic acids is 4. The van der Waals surface area contributed by atoms with Gasteiger partial charge in [0, 0.05) is 43.6 Å². The number of imidazole rings is 2. The highest BCUT2D eigenvalue weighted by Gasteiger charge is 2.41. The number of hydrogen-bond donors (Lipinski definition) is 4. The van der Waals surface area contributed by atoms with Crippen LogP contribution in [-0.4, -0.2) is 124 Å². The molecule has 73 heavy (non-hydrogen) atoms. The van der Waals surface area contributed by atoms with E-state index in [2.05, 4.69) is 103 Å². The standard InChI is InChI=1S/C55H67N11O7/c1-32(2)48(61-54(69)71-5)52(67)64-23-7-9-45(64)50-57-39-18-13-35(29-41(39)59-50)43-20-21-44(66(43)38-16-11-34(12-17-38)37-15-22-47(56-31-37)63-25-27-73-28-26-63)36-14-19-40-42(30-36)60-51(58-40)46-10-8-24-65(46)53(68)49(33(3)4)62-55(70)72-6/h11-19,22,29-33,43-46,48-49H,7-10,20-21,23-28H2,1-6H3,(H,57,59)(H,58,60)(H,61,69)(H,62,70)/t43-,44-,45+,46+,48+,49+/m1/s1. The molecule has 384 valence electrons. The van der Waals surface area contributed by atoms with Crippen LogP contribution in [0.3, 0.4) is 0 Å². The topological polar surface area (TPSA) is 203 Å². The Morgan fingerprint density at radius 3 is 1.56 bits per heavy atom. The van der Waals surface area contributed by atoms with Gasteiger partial charge >= 0.3 is 12.2 Å². The van der Waals surface area contributed by atoms with E-state index in [1.165, 1.54) is 14.2 Å². The fraction of sp³-hybridized carbons (Fsp3) is 0.473. The fourth-order valence-corrected chi connectivity index (χ4v) is 11.4. The van der Waals surface area contributed by atoms with Crippen molar-refractivity contribution in [3.8, 4) is 11.1 Å². The summed E-state index contributed by atoms with van der Waals surface area (Å²) in [6.07, 6.45) is 5.64. The van der Waals surface area contributed by atoms with E-state index >= 15 is 0 Å². The van der Waals surface area contributed by atoms with E-state index in [0.717, 1.165) is 119 Å². The van der Waals surface area contributed by atoms with Gasteiger partial charge in [0.15, 0.2) is 0 Å². The zero-order valence-corrected chi connectivity index (χ0v) is 42.6. The van der Waals surface area contributed by atoms with Crippen LogP contribution in [0.4, 0.5) is 21.1 Å². The Bertz CT molecular complexity index is 2800. The van der Waals surface area contributed by atoms with Crippen LogP contribution >= 0.6 is 0 Å². The van der Waals surface area contributed by atoms with Gasteiger partial charge in [0.1, 0.15) is 29.6 Å². The predicted octanol–water partition coefficient (Wildman–Crippen LogP) is 8.51. The third-order valence-electron chi connectivity index (χ3n) is 15.3. The smallest absolute Gasteiger partial charge is 0.407 e. The van der Waals surface area contributed by atoms with E-state index in [4.69, 9.17) is 29.2 Å². The first-order valence-electron chi connectivity index (χ1n) is 25.9. The van der Waals surface area contributed by atoms with Crippen LogP contribution in [0.15, 0.2) is 79.0 Å². The van der Waals surface area contributed by atoms with Crippen LogP contribution in [0.2, 0.25) is 0 Å². The molecule has 18 nitrogen and oxygen atoms in total. The molecule has 0 spiro atoms. The molecule has 0 saturated carbocycles. The highest BCUT2D eigenvalue weighted by Crippen LogP contribution is 2.48. The summed E-state index contributed by atoms with van der Waals surface area (Å²) in [5, 5.41) is 5.50. The van der Waals surface area contributed by atoms with Crippen LogP contribution < -0.4 is 20.4 Å². The Morgan fingerprint density at radius 2 is 1.11 bits per heavy atom. The van der Waals surface area contributed by atoms with Gasteiger partial charge in [0.2, 0.25) is 11.8 Å². The summed E-state index contributed by atoms with van der Waals surface area (Å²) < 4.78 is 15.3. The molecule has 4 saturated heterocycles. The maximum Gasteiger partial charge on any atom is 0.407 e. The predicted molar refractivity (Wildman–Crippen MR) is 278 cm³/mol. The number of aromatic nitrogens is 5. The maximum atomic E-state index is 14.0. The number of ether oxygens (including phenoxy) is 3. The monoisotopic (exact) mass is 994 g/mol. The van der Waals surface area contributed by atoms with Crippen molar-refractivity contribution >= 4 is 57.6 Å². The Kier molecular flexibility index (Phi) is 14.3. The lowest BCUT2D eigenvalue weighted by Gasteiger charge is -2.33. The molecule has 0 unspecified atom stereocenters. The molecule has 6 atom stereocenters. The molecule has 0 radical (unpaired) electrons. The number of methoxy groups -OCH3 is 2. The van der Waals surface area contributed by atoms with Gasteiger partial charge in [-0.2, -0.15) is 0 Å². The Balaban J connectivity index is 0.951. The van der Waals surface area contributed by atoms with Crippen LogP contribution in [-0.2, 0) is 23.8 Å². The van der Waals surface area contributed by atoms with E-state index in [-0.39, 0.29) is 47.8 Å². The summed E-state index contributed by atoms with van der Waals surface area (Å²) in [7, 11) is 2.60. The molecule has 18 heteroatoms. The molecule has 4 N–H and O–H groups in total. The molecule has 0 aliphatic carbocycles. The first kappa shape index (κ1) is 49.4. The number of amides is 4.